The number of rotatable bonds is 4. The Balaban J connectivity index is 1.95. The van der Waals surface area contributed by atoms with E-state index in [-0.39, 0.29) is 11.8 Å². The van der Waals surface area contributed by atoms with Crippen LogP contribution < -0.4 is 10.1 Å². The van der Waals surface area contributed by atoms with Crippen molar-refractivity contribution in [3.8, 4) is 5.88 Å². The highest BCUT2D eigenvalue weighted by Crippen LogP contribution is 2.14. The van der Waals surface area contributed by atoms with E-state index in [0.717, 1.165) is 12.1 Å². The van der Waals surface area contributed by atoms with Gasteiger partial charge in [0.2, 0.25) is 11.8 Å². The molecule has 0 bridgehead atoms. The van der Waals surface area contributed by atoms with Crippen LogP contribution in [-0.4, -0.2) is 36.2 Å². The summed E-state index contributed by atoms with van der Waals surface area (Å²) in [4.78, 5) is 20.2. The second-order valence-electron chi connectivity index (χ2n) is 4.25. The first-order valence-corrected chi connectivity index (χ1v) is 5.92. The third kappa shape index (κ3) is 2.95. The maximum atomic E-state index is 11.8. The van der Waals surface area contributed by atoms with Crippen LogP contribution in [0, 0.1) is 12.8 Å². The van der Waals surface area contributed by atoms with Crippen molar-refractivity contribution < 1.29 is 14.3 Å². The summed E-state index contributed by atoms with van der Waals surface area (Å²) in [7, 11) is 1.54. The van der Waals surface area contributed by atoms with E-state index in [9.17, 15) is 4.79 Å². The molecular weight excluding hydrogens is 234 g/mol. The van der Waals surface area contributed by atoms with Gasteiger partial charge in [0.05, 0.1) is 31.9 Å². The minimum Gasteiger partial charge on any atom is -0.480 e. The number of aryl methyl sites for hydroxylation is 1. The first kappa shape index (κ1) is 12.8. The number of ether oxygens (including phenoxy) is 2. The third-order valence-electron chi connectivity index (χ3n) is 2.86. The summed E-state index contributed by atoms with van der Waals surface area (Å²) in [6, 6.07) is 0. The van der Waals surface area contributed by atoms with Gasteiger partial charge < -0.3 is 14.8 Å². The topological polar surface area (TPSA) is 73.3 Å². The lowest BCUT2D eigenvalue weighted by atomic mass is 10.1. The molecule has 0 radical (unpaired) electrons. The Morgan fingerprint density at radius 2 is 2.50 bits per heavy atom. The van der Waals surface area contributed by atoms with Crippen molar-refractivity contribution in [3.05, 3.63) is 17.6 Å². The van der Waals surface area contributed by atoms with Gasteiger partial charge in [-0.2, -0.15) is 0 Å². The number of nitrogens with zero attached hydrogens (tertiary/aromatic N) is 2. The van der Waals surface area contributed by atoms with Gasteiger partial charge >= 0.3 is 0 Å². The minimum atomic E-state index is -0.0468. The first-order valence-electron chi connectivity index (χ1n) is 5.92. The number of methoxy groups -OCH3 is 1. The molecule has 1 saturated heterocycles. The summed E-state index contributed by atoms with van der Waals surface area (Å²) in [6.07, 6.45) is 2.44. The number of hydrogen-bond donors (Lipinski definition) is 1. The van der Waals surface area contributed by atoms with E-state index < -0.39 is 0 Å². The number of hydrogen-bond acceptors (Lipinski definition) is 5. The van der Waals surface area contributed by atoms with Crippen LogP contribution >= 0.6 is 0 Å². The molecule has 1 unspecified atom stereocenters. The van der Waals surface area contributed by atoms with Crippen LogP contribution in [-0.2, 0) is 16.1 Å². The van der Waals surface area contributed by atoms with Crippen molar-refractivity contribution >= 4 is 5.91 Å². The number of amides is 1. The van der Waals surface area contributed by atoms with Crippen molar-refractivity contribution in [2.45, 2.75) is 19.9 Å². The average molecular weight is 251 g/mol. The Bertz CT molecular complexity index is 431. The Morgan fingerprint density at radius 3 is 3.17 bits per heavy atom. The van der Waals surface area contributed by atoms with Crippen LogP contribution in [0.1, 0.15) is 17.8 Å². The molecule has 1 aliphatic rings. The molecule has 1 aromatic rings. The van der Waals surface area contributed by atoms with Gasteiger partial charge in [0.1, 0.15) is 5.69 Å². The number of aromatic nitrogens is 2. The molecule has 18 heavy (non-hydrogen) atoms. The van der Waals surface area contributed by atoms with E-state index in [1.165, 1.54) is 0 Å². The van der Waals surface area contributed by atoms with Crippen molar-refractivity contribution in [1.82, 2.24) is 15.3 Å². The van der Waals surface area contributed by atoms with E-state index in [0.29, 0.717) is 31.3 Å². The lowest BCUT2D eigenvalue weighted by Gasteiger charge is -2.11. The van der Waals surface area contributed by atoms with Gasteiger partial charge in [-0.3, -0.25) is 9.78 Å². The minimum absolute atomic E-state index is 0.00284. The van der Waals surface area contributed by atoms with E-state index in [1.54, 1.807) is 13.3 Å². The molecule has 6 nitrogen and oxygen atoms in total. The summed E-state index contributed by atoms with van der Waals surface area (Å²) < 4.78 is 10.3. The van der Waals surface area contributed by atoms with Crippen LogP contribution in [0.25, 0.3) is 0 Å². The predicted molar refractivity (Wildman–Crippen MR) is 64.1 cm³/mol. The molecule has 1 aromatic heterocycles. The van der Waals surface area contributed by atoms with E-state index in [4.69, 9.17) is 9.47 Å². The lowest BCUT2D eigenvalue weighted by Crippen LogP contribution is -2.31. The third-order valence-corrected chi connectivity index (χ3v) is 2.86. The molecule has 1 amide bonds. The molecule has 2 rings (SSSR count). The Labute approximate surface area is 106 Å². The maximum Gasteiger partial charge on any atom is 0.237 e. The first-order chi connectivity index (χ1) is 8.70. The standard InChI is InChI=1S/C12H17N3O3/c1-8-5-13-10(12(15-8)17-2)6-14-11(16)9-3-4-18-7-9/h5,9H,3-4,6-7H2,1-2H3,(H,14,16). The normalized spacial score (nSPS) is 18.7. The van der Waals surface area contributed by atoms with Crippen LogP contribution in [0.15, 0.2) is 6.20 Å². The molecule has 6 heteroatoms. The van der Waals surface area contributed by atoms with Gasteiger partial charge in [-0.05, 0) is 13.3 Å². The molecule has 0 saturated carbocycles. The Kier molecular flexibility index (Phi) is 4.09. The molecule has 0 aliphatic carbocycles. The smallest absolute Gasteiger partial charge is 0.237 e. The number of carbonyl (C=O) groups excluding carboxylic acids is 1. The summed E-state index contributed by atoms with van der Waals surface area (Å²) in [6.45, 7) is 3.33. The quantitative estimate of drug-likeness (QED) is 0.841. The van der Waals surface area contributed by atoms with Gasteiger partial charge in [0.15, 0.2) is 0 Å². The van der Waals surface area contributed by atoms with Crippen molar-refractivity contribution in [2.75, 3.05) is 20.3 Å². The van der Waals surface area contributed by atoms with Gasteiger partial charge in [-0.15, -0.1) is 0 Å². The molecule has 1 N–H and O–H groups in total. The molecule has 0 spiro atoms. The fraction of sp³-hybridized carbons (Fsp3) is 0.583. The second kappa shape index (κ2) is 5.77. The van der Waals surface area contributed by atoms with Crippen LogP contribution in [0.3, 0.4) is 0 Å². The summed E-state index contributed by atoms with van der Waals surface area (Å²) in [5.41, 5.74) is 1.42. The molecule has 2 heterocycles. The number of nitrogens with one attached hydrogen (secondary N) is 1. The fourth-order valence-electron chi connectivity index (χ4n) is 1.82. The monoisotopic (exact) mass is 251 g/mol. The van der Waals surface area contributed by atoms with Gasteiger partial charge in [-0.25, -0.2) is 4.98 Å². The molecule has 0 aromatic carbocycles. The summed E-state index contributed by atoms with van der Waals surface area (Å²) >= 11 is 0. The van der Waals surface area contributed by atoms with E-state index in [2.05, 4.69) is 15.3 Å². The van der Waals surface area contributed by atoms with Crippen molar-refractivity contribution in [1.29, 1.82) is 0 Å². The molecule has 98 valence electrons. The highest BCUT2D eigenvalue weighted by molar-refractivity contribution is 5.78. The van der Waals surface area contributed by atoms with Gasteiger partial charge in [0, 0.05) is 12.8 Å². The Hall–Kier alpha value is -1.69. The fourth-order valence-corrected chi connectivity index (χ4v) is 1.82. The molecule has 1 fully saturated rings. The zero-order valence-corrected chi connectivity index (χ0v) is 10.6. The average Bonchev–Trinajstić information content (AvgIpc) is 2.90. The lowest BCUT2D eigenvalue weighted by molar-refractivity contribution is -0.125. The Morgan fingerprint density at radius 1 is 1.67 bits per heavy atom. The zero-order valence-electron chi connectivity index (χ0n) is 10.6. The predicted octanol–water partition coefficient (Wildman–Crippen LogP) is 0.446. The van der Waals surface area contributed by atoms with Gasteiger partial charge in [-0.1, -0.05) is 0 Å². The van der Waals surface area contributed by atoms with E-state index in [1.807, 2.05) is 6.92 Å². The van der Waals surface area contributed by atoms with Crippen molar-refractivity contribution in [3.63, 3.8) is 0 Å². The highest BCUT2D eigenvalue weighted by atomic mass is 16.5. The molecular formula is C12H17N3O3. The van der Waals surface area contributed by atoms with Crippen LogP contribution in [0.2, 0.25) is 0 Å². The van der Waals surface area contributed by atoms with Crippen LogP contribution in [0.5, 0.6) is 5.88 Å². The maximum absolute atomic E-state index is 11.8. The number of carbonyl (C=O) groups is 1. The van der Waals surface area contributed by atoms with E-state index >= 15 is 0 Å². The molecule has 1 aliphatic heterocycles. The zero-order chi connectivity index (χ0) is 13.0. The van der Waals surface area contributed by atoms with Crippen LogP contribution in [0.4, 0.5) is 0 Å². The molecule has 1 atom stereocenters. The van der Waals surface area contributed by atoms with Gasteiger partial charge in [0.25, 0.3) is 0 Å². The summed E-state index contributed by atoms with van der Waals surface area (Å²) in [5, 5.41) is 2.83. The largest absolute Gasteiger partial charge is 0.480 e. The second-order valence-corrected chi connectivity index (χ2v) is 4.25. The summed E-state index contributed by atoms with van der Waals surface area (Å²) in [5.74, 6) is 0.407. The highest BCUT2D eigenvalue weighted by Gasteiger charge is 2.23. The SMILES string of the molecule is COc1nc(C)cnc1CNC(=O)C1CCOC1. The van der Waals surface area contributed by atoms with Crippen molar-refractivity contribution in [2.24, 2.45) is 5.92 Å².